The topological polar surface area (TPSA) is 17.1 Å². The molecule has 3 aromatic carbocycles. The average molecular weight is 299 g/mol. The van der Waals surface area contributed by atoms with Crippen LogP contribution in [0.25, 0.3) is 21.9 Å². The van der Waals surface area contributed by atoms with Crippen molar-refractivity contribution >= 4 is 39.8 Å². The number of carbonyl (C=O) groups excluding carboxylic acids is 1. The number of ketones is 1. The van der Waals surface area contributed by atoms with Crippen LogP contribution in [-0.4, -0.2) is 5.78 Å². The molecule has 0 amide bonds. The van der Waals surface area contributed by atoms with E-state index >= 15 is 0 Å². The molecule has 0 fully saturated rings. The van der Waals surface area contributed by atoms with Crippen LogP contribution in [0.4, 0.5) is 0 Å². The number of fused-ring (bicyclic) bond motifs is 2. The van der Waals surface area contributed by atoms with Crippen LogP contribution >= 0.6 is 23.2 Å². The molecule has 3 aromatic rings. The van der Waals surface area contributed by atoms with Gasteiger partial charge >= 0.3 is 0 Å². The molecular formula is C17H8Cl2O. The SMILES string of the molecule is O=C1c2ccccc2-c2cc(Cl)cc3ccc(Cl)c1c23. The van der Waals surface area contributed by atoms with Crippen molar-refractivity contribution in [1.82, 2.24) is 0 Å². The van der Waals surface area contributed by atoms with Crippen molar-refractivity contribution in [3.8, 4) is 11.1 Å². The van der Waals surface area contributed by atoms with Gasteiger partial charge in [-0.1, -0.05) is 53.5 Å². The summed E-state index contributed by atoms with van der Waals surface area (Å²) in [5.74, 6) is -0.0222. The number of carbonyl (C=O) groups is 1. The zero-order chi connectivity index (χ0) is 13.9. The molecule has 0 saturated heterocycles. The van der Waals surface area contributed by atoms with E-state index in [0.717, 1.165) is 21.9 Å². The Hall–Kier alpha value is -1.83. The molecule has 0 bridgehead atoms. The fourth-order valence-electron chi connectivity index (χ4n) is 2.89. The number of hydrogen-bond acceptors (Lipinski definition) is 1. The summed E-state index contributed by atoms with van der Waals surface area (Å²) in [6, 6.07) is 15.0. The van der Waals surface area contributed by atoms with E-state index in [0.29, 0.717) is 21.2 Å². The molecule has 0 saturated carbocycles. The van der Waals surface area contributed by atoms with E-state index in [-0.39, 0.29) is 5.78 Å². The Kier molecular flexibility index (Phi) is 2.44. The second kappa shape index (κ2) is 4.08. The molecule has 0 spiro atoms. The molecule has 0 radical (unpaired) electrons. The fourth-order valence-corrected chi connectivity index (χ4v) is 3.36. The number of rotatable bonds is 0. The molecule has 0 unspecified atom stereocenters. The van der Waals surface area contributed by atoms with Gasteiger partial charge in [0.2, 0.25) is 0 Å². The molecular weight excluding hydrogens is 291 g/mol. The highest BCUT2D eigenvalue weighted by Crippen LogP contribution is 2.43. The quantitative estimate of drug-likeness (QED) is 0.427. The molecule has 0 N–H and O–H groups in total. The number of benzene rings is 3. The normalized spacial score (nSPS) is 12.6. The van der Waals surface area contributed by atoms with E-state index < -0.39 is 0 Å². The Balaban J connectivity index is 2.30. The standard InChI is InChI=1S/C17H8Cl2O/c18-10-7-9-5-6-14(19)16-15(9)13(8-10)11-3-1-2-4-12(11)17(16)20/h1-8H. The Labute approximate surface area is 125 Å². The highest BCUT2D eigenvalue weighted by Gasteiger charge is 2.27. The predicted octanol–water partition coefficient (Wildman–Crippen LogP) is 5.36. The van der Waals surface area contributed by atoms with Gasteiger partial charge in [0, 0.05) is 21.5 Å². The van der Waals surface area contributed by atoms with Gasteiger partial charge in [0.1, 0.15) is 0 Å². The second-order valence-corrected chi connectivity index (χ2v) is 5.69. The summed E-state index contributed by atoms with van der Waals surface area (Å²) in [5.41, 5.74) is 3.14. The number of hydrogen-bond donors (Lipinski definition) is 0. The molecule has 0 atom stereocenters. The second-order valence-electron chi connectivity index (χ2n) is 4.85. The van der Waals surface area contributed by atoms with Gasteiger partial charge in [0.05, 0.1) is 5.02 Å². The van der Waals surface area contributed by atoms with Crippen LogP contribution < -0.4 is 0 Å². The maximum atomic E-state index is 12.7. The first kappa shape index (κ1) is 12.0. The van der Waals surface area contributed by atoms with Crippen molar-refractivity contribution in [2.24, 2.45) is 0 Å². The summed E-state index contributed by atoms with van der Waals surface area (Å²) in [6.07, 6.45) is 0. The zero-order valence-electron chi connectivity index (χ0n) is 10.3. The van der Waals surface area contributed by atoms with E-state index in [1.165, 1.54) is 0 Å². The van der Waals surface area contributed by atoms with Crippen molar-refractivity contribution in [2.75, 3.05) is 0 Å². The average Bonchev–Trinajstić information content (AvgIpc) is 2.45. The molecule has 1 aliphatic rings. The van der Waals surface area contributed by atoms with Gasteiger partial charge in [0.25, 0.3) is 0 Å². The maximum absolute atomic E-state index is 12.7. The number of halogens is 2. The predicted molar refractivity (Wildman–Crippen MR) is 82.8 cm³/mol. The van der Waals surface area contributed by atoms with Gasteiger partial charge in [-0.2, -0.15) is 0 Å². The minimum Gasteiger partial charge on any atom is -0.289 e. The Morgan fingerprint density at radius 3 is 2.35 bits per heavy atom. The van der Waals surface area contributed by atoms with Crippen molar-refractivity contribution in [3.63, 3.8) is 0 Å². The van der Waals surface area contributed by atoms with Gasteiger partial charge < -0.3 is 0 Å². The van der Waals surface area contributed by atoms with Crippen LogP contribution in [0.5, 0.6) is 0 Å². The summed E-state index contributed by atoms with van der Waals surface area (Å²) >= 11 is 12.5. The van der Waals surface area contributed by atoms with Crippen molar-refractivity contribution in [3.05, 3.63) is 69.7 Å². The fraction of sp³-hybridized carbons (Fsp3) is 0. The first-order chi connectivity index (χ1) is 9.66. The van der Waals surface area contributed by atoms with E-state index in [2.05, 4.69) is 0 Å². The Morgan fingerprint density at radius 2 is 1.55 bits per heavy atom. The van der Waals surface area contributed by atoms with Crippen LogP contribution in [0.2, 0.25) is 10.0 Å². The lowest BCUT2D eigenvalue weighted by molar-refractivity contribution is 0.104. The van der Waals surface area contributed by atoms with Gasteiger partial charge in [-0.3, -0.25) is 4.79 Å². The third-order valence-electron chi connectivity index (χ3n) is 3.72. The highest BCUT2D eigenvalue weighted by atomic mass is 35.5. The van der Waals surface area contributed by atoms with Gasteiger partial charge in [-0.25, -0.2) is 0 Å². The smallest absolute Gasteiger partial charge is 0.195 e. The minimum absolute atomic E-state index is 0.0222. The van der Waals surface area contributed by atoms with Gasteiger partial charge in [0.15, 0.2) is 5.78 Å². The molecule has 1 nitrogen and oxygen atoms in total. The molecule has 20 heavy (non-hydrogen) atoms. The van der Waals surface area contributed by atoms with Gasteiger partial charge in [-0.05, 0) is 34.7 Å². The molecule has 4 rings (SSSR count). The van der Waals surface area contributed by atoms with Crippen LogP contribution in [-0.2, 0) is 0 Å². The summed E-state index contributed by atoms with van der Waals surface area (Å²) in [4.78, 5) is 12.7. The lowest BCUT2D eigenvalue weighted by Crippen LogP contribution is -2.10. The van der Waals surface area contributed by atoms with E-state index in [9.17, 15) is 4.79 Å². The summed E-state index contributed by atoms with van der Waals surface area (Å²) in [5, 5.41) is 2.98. The highest BCUT2D eigenvalue weighted by molar-refractivity contribution is 6.40. The first-order valence-corrected chi connectivity index (χ1v) is 6.98. The summed E-state index contributed by atoms with van der Waals surface area (Å²) in [6.45, 7) is 0. The van der Waals surface area contributed by atoms with E-state index in [1.54, 1.807) is 6.07 Å². The van der Waals surface area contributed by atoms with Crippen molar-refractivity contribution < 1.29 is 4.79 Å². The van der Waals surface area contributed by atoms with E-state index in [4.69, 9.17) is 23.2 Å². The third kappa shape index (κ3) is 1.48. The molecule has 0 heterocycles. The van der Waals surface area contributed by atoms with E-state index in [1.807, 2.05) is 42.5 Å². The van der Waals surface area contributed by atoms with Crippen LogP contribution in [0.1, 0.15) is 15.9 Å². The maximum Gasteiger partial charge on any atom is 0.195 e. The largest absolute Gasteiger partial charge is 0.289 e. The van der Waals surface area contributed by atoms with Crippen molar-refractivity contribution in [2.45, 2.75) is 0 Å². The Morgan fingerprint density at radius 1 is 0.800 bits per heavy atom. The lowest BCUT2D eigenvalue weighted by atomic mass is 9.83. The first-order valence-electron chi connectivity index (χ1n) is 6.22. The zero-order valence-corrected chi connectivity index (χ0v) is 11.8. The molecule has 0 aromatic heterocycles. The summed E-state index contributed by atoms with van der Waals surface area (Å²) < 4.78 is 0. The van der Waals surface area contributed by atoms with Gasteiger partial charge in [-0.15, -0.1) is 0 Å². The summed E-state index contributed by atoms with van der Waals surface area (Å²) in [7, 11) is 0. The monoisotopic (exact) mass is 298 g/mol. The Bertz CT molecular complexity index is 897. The van der Waals surface area contributed by atoms with Crippen LogP contribution in [0.15, 0.2) is 48.5 Å². The van der Waals surface area contributed by atoms with Crippen molar-refractivity contribution in [1.29, 1.82) is 0 Å². The molecule has 96 valence electrons. The molecule has 3 heteroatoms. The molecule has 0 aliphatic heterocycles. The lowest BCUT2D eigenvalue weighted by Gasteiger charge is -2.21. The molecule has 1 aliphatic carbocycles. The minimum atomic E-state index is -0.0222. The van der Waals surface area contributed by atoms with Crippen LogP contribution in [0, 0.1) is 0 Å². The van der Waals surface area contributed by atoms with Crippen LogP contribution in [0.3, 0.4) is 0 Å². The third-order valence-corrected chi connectivity index (χ3v) is 4.25.